The van der Waals surface area contributed by atoms with E-state index in [1.165, 1.54) is 18.2 Å². The average molecular weight is 438 g/mol. The van der Waals surface area contributed by atoms with E-state index in [0.717, 1.165) is 6.07 Å². The third-order valence-corrected chi connectivity index (χ3v) is 6.14. The highest BCUT2D eigenvalue weighted by Crippen LogP contribution is 2.33. The Morgan fingerprint density at radius 3 is 2.28 bits per heavy atom. The maximum atomic E-state index is 14.1. The molecule has 1 saturated heterocycles. The zero-order valence-electron chi connectivity index (χ0n) is 17.3. The molecule has 0 saturated carbocycles. The number of carbonyl (C=O) groups excluding carboxylic acids is 1. The third-order valence-electron chi connectivity index (χ3n) is 6.14. The predicted octanol–water partition coefficient (Wildman–Crippen LogP) is 4.13. The van der Waals surface area contributed by atoms with Gasteiger partial charge in [0, 0.05) is 44.9 Å². The largest absolute Gasteiger partial charge is 0.366 e. The highest BCUT2D eigenvalue weighted by molar-refractivity contribution is 5.98. The number of ketones is 1. The van der Waals surface area contributed by atoms with Crippen LogP contribution in [0.25, 0.3) is 0 Å². The Labute approximate surface area is 183 Å². The van der Waals surface area contributed by atoms with E-state index in [9.17, 15) is 18.0 Å². The first-order valence-corrected chi connectivity index (χ1v) is 10.6. The van der Waals surface area contributed by atoms with E-state index < -0.39 is 11.6 Å². The number of anilines is 2. The van der Waals surface area contributed by atoms with E-state index in [2.05, 4.69) is 9.97 Å². The Balaban J connectivity index is 1.34. The number of benzene rings is 2. The van der Waals surface area contributed by atoms with Crippen LogP contribution in [0.15, 0.2) is 48.7 Å². The van der Waals surface area contributed by atoms with Gasteiger partial charge in [-0.1, -0.05) is 12.1 Å². The summed E-state index contributed by atoms with van der Waals surface area (Å²) in [6.07, 6.45) is 2.13. The van der Waals surface area contributed by atoms with Gasteiger partial charge in [-0.15, -0.1) is 0 Å². The van der Waals surface area contributed by atoms with Gasteiger partial charge in [-0.2, -0.15) is 0 Å². The molecule has 0 bridgehead atoms. The van der Waals surface area contributed by atoms with Crippen molar-refractivity contribution in [3.05, 3.63) is 82.9 Å². The summed E-state index contributed by atoms with van der Waals surface area (Å²) in [5.74, 6) is -1.51. The molecule has 2 aliphatic rings. The van der Waals surface area contributed by atoms with E-state index >= 15 is 0 Å². The van der Waals surface area contributed by atoms with Crippen molar-refractivity contribution in [2.45, 2.75) is 18.8 Å². The molecular weight excluding hydrogens is 417 g/mol. The van der Waals surface area contributed by atoms with Gasteiger partial charge in [-0.05, 0) is 42.2 Å². The Morgan fingerprint density at radius 2 is 1.56 bits per heavy atom. The smallest absolute Gasteiger partial charge is 0.225 e. The number of halogens is 3. The van der Waals surface area contributed by atoms with Crippen molar-refractivity contribution in [2.75, 3.05) is 36.0 Å². The molecule has 8 heteroatoms. The number of carbonyl (C=O) groups is 1. The van der Waals surface area contributed by atoms with Gasteiger partial charge in [0.2, 0.25) is 5.95 Å². The minimum Gasteiger partial charge on any atom is -0.366 e. The fraction of sp³-hybridized carbons (Fsp3) is 0.292. The summed E-state index contributed by atoms with van der Waals surface area (Å²) in [6.45, 7) is 2.45. The van der Waals surface area contributed by atoms with Gasteiger partial charge in [0.15, 0.2) is 5.78 Å². The SMILES string of the molecule is O=C1CC(c2cc(F)cc(F)c2)Cc2nc(N3CCN(c4ccccc4F)CC3)ncc21. The first-order chi connectivity index (χ1) is 15.5. The third kappa shape index (κ3) is 3.92. The van der Waals surface area contributed by atoms with Gasteiger partial charge in [-0.3, -0.25) is 4.79 Å². The van der Waals surface area contributed by atoms with Gasteiger partial charge >= 0.3 is 0 Å². The average Bonchev–Trinajstić information content (AvgIpc) is 2.78. The number of hydrogen-bond acceptors (Lipinski definition) is 5. The Hall–Kier alpha value is -3.42. The lowest BCUT2D eigenvalue weighted by Gasteiger charge is -2.36. The molecule has 0 spiro atoms. The van der Waals surface area contributed by atoms with Crippen LogP contribution in [0.3, 0.4) is 0 Å². The van der Waals surface area contributed by atoms with Crippen molar-refractivity contribution < 1.29 is 18.0 Å². The van der Waals surface area contributed by atoms with E-state index in [1.807, 2.05) is 15.9 Å². The molecule has 164 valence electrons. The molecule has 0 N–H and O–H groups in total. The van der Waals surface area contributed by atoms with Gasteiger partial charge in [-0.25, -0.2) is 23.1 Å². The second kappa shape index (κ2) is 8.26. The molecule has 0 amide bonds. The Kier molecular flexibility index (Phi) is 5.28. The number of piperazine rings is 1. The first kappa shape index (κ1) is 20.5. The summed E-state index contributed by atoms with van der Waals surface area (Å²) in [7, 11) is 0. The lowest BCUT2D eigenvalue weighted by molar-refractivity contribution is 0.0962. The molecule has 1 atom stereocenters. The van der Waals surface area contributed by atoms with Gasteiger partial charge in [0.05, 0.1) is 16.9 Å². The molecule has 3 aromatic rings. The number of aromatic nitrogens is 2. The highest BCUT2D eigenvalue weighted by Gasteiger charge is 2.30. The summed E-state index contributed by atoms with van der Waals surface area (Å²) < 4.78 is 41.4. The lowest BCUT2D eigenvalue weighted by Crippen LogP contribution is -2.47. The second-order valence-corrected chi connectivity index (χ2v) is 8.19. The number of Topliss-reactive ketones (excluding diaryl/α,β-unsaturated/α-hetero) is 1. The van der Waals surface area contributed by atoms with Crippen LogP contribution in [-0.4, -0.2) is 41.9 Å². The zero-order chi connectivity index (χ0) is 22.2. The van der Waals surface area contributed by atoms with Crippen molar-refractivity contribution in [1.82, 2.24) is 9.97 Å². The highest BCUT2D eigenvalue weighted by atomic mass is 19.1. The number of rotatable bonds is 3. The van der Waals surface area contributed by atoms with Crippen LogP contribution in [0.1, 0.15) is 34.0 Å². The molecule has 1 aliphatic heterocycles. The topological polar surface area (TPSA) is 49.3 Å². The number of fused-ring (bicyclic) bond motifs is 1. The van der Waals surface area contributed by atoms with Crippen LogP contribution in [0, 0.1) is 17.5 Å². The molecule has 5 nitrogen and oxygen atoms in total. The predicted molar refractivity (Wildman–Crippen MR) is 115 cm³/mol. The number of para-hydroxylation sites is 1. The zero-order valence-corrected chi connectivity index (χ0v) is 17.3. The lowest BCUT2D eigenvalue weighted by atomic mass is 9.82. The van der Waals surface area contributed by atoms with Crippen molar-refractivity contribution in [3.63, 3.8) is 0 Å². The van der Waals surface area contributed by atoms with Gasteiger partial charge in [0.1, 0.15) is 17.5 Å². The summed E-state index contributed by atoms with van der Waals surface area (Å²) in [5, 5.41) is 0. The Morgan fingerprint density at radius 1 is 0.875 bits per heavy atom. The molecule has 0 radical (unpaired) electrons. The van der Waals surface area contributed by atoms with Crippen LogP contribution < -0.4 is 9.80 Å². The monoisotopic (exact) mass is 438 g/mol. The summed E-state index contributed by atoms with van der Waals surface area (Å²) in [5.41, 5.74) is 2.10. The van der Waals surface area contributed by atoms with E-state index in [0.29, 0.717) is 61.1 Å². The van der Waals surface area contributed by atoms with Crippen LogP contribution >= 0.6 is 0 Å². The molecular formula is C24H21F3N4O. The molecule has 2 aromatic carbocycles. The fourth-order valence-corrected chi connectivity index (χ4v) is 4.49. The van der Waals surface area contributed by atoms with Crippen molar-refractivity contribution in [2.24, 2.45) is 0 Å². The molecule has 1 aromatic heterocycles. The van der Waals surface area contributed by atoms with Crippen molar-refractivity contribution in [3.8, 4) is 0 Å². The minimum absolute atomic E-state index is 0.128. The normalized spacial score (nSPS) is 18.6. The summed E-state index contributed by atoms with van der Waals surface area (Å²) in [6, 6.07) is 10.1. The quantitative estimate of drug-likeness (QED) is 0.616. The number of hydrogen-bond donors (Lipinski definition) is 0. The standard InChI is InChI=1S/C24H21F3N4O/c25-17-9-15(10-18(26)13-17)16-11-21-19(23(32)12-16)14-28-24(29-21)31-7-5-30(6-8-31)22-4-2-1-3-20(22)27/h1-4,9-10,13-14,16H,5-8,11-12H2. The van der Waals surface area contributed by atoms with Crippen molar-refractivity contribution in [1.29, 1.82) is 0 Å². The van der Waals surface area contributed by atoms with E-state index in [1.54, 1.807) is 18.3 Å². The molecule has 1 fully saturated rings. The maximum Gasteiger partial charge on any atom is 0.225 e. The summed E-state index contributed by atoms with van der Waals surface area (Å²) >= 11 is 0. The van der Waals surface area contributed by atoms with Crippen LogP contribution in [0.4, 0.5) is 24.8 Å². The second-order valence-electron chi connectivity index (χ2n) is 8.19. The van der Waals surface area contributed by atoms with Crippen molar-refractivity contribution >= 4 is 17.4 Å². The maximum absolute atomic E-state index is 14.1. The first-order valence-electron chi connectivity index (χ1n) is 10.6. The van der Waals surface area contributed by atoms with Gasteiger partial charge < -0.3 is 9.80 Å². The van der Waals surface area contributed by atoms with Crippen LogP contribution in [0.5, 0.6) is 0 Å². The molecule has 1 aliphatic carbocycles. The van der Waals surface area contributed by atoms with Gasteiger partial charge in [0.25, 0.3) is 0 Å². The molecule has 32 heavy (non-hydrogen) atoms. The molecule has 5 rings (SSSR count). The summed E-state index contributed by atoms with van der Waals surface area (Å²) in [4.78, 5) is 25.7. The van der Waals surface area contributed by atoms with Crippen LogP contribution in [0.2, 0.25) is 0 Å². The minimum atomic E-state index is -0.658. The molecule has 1 unspecified atom stereocenters. The van der Waals surface area contributed by atoms with Crippen LogP contribution in [-0.2, 0) is 6.42 Å². The van der Waals surface area contributed by atoms with E-state index in [4.69, 9.17) is 0 Å². The molecule has 2 heterocycles. The number of nitrogens with zero attached hydrogens (tertiary/aromatic N) is 4. The Bertz CT molecular complexity index is 1160. The fourth-order valence-electron chi connectivity index (χ4n) is 4.49. The van der Waals surface area contributed by atoms with E-state index in [-0.39, 0.29) is 23.9 Å².